The van der Waals surface area contributed by atoms with Crippen LogP contribution in [0.4, 0.5) is 17.1 Å². The summed E-state index contributed by atoms with van der Waals surface area (Å²) in [4.78, 5) is 32.1. The SMILES string of the molecule is CCN(CC)OOSc1ccc(OC)c(N=Nc2c(O)c(C(=O)Nc3cccc4ccccc34)cc3cc(C(=O)NC)ccc23)c1. The Morgan fingerprint density at radius 2 is 1.65 bits per heavy atom. The molecule has 236 valence electrons. The van der Waals surface area contributed by atoms with Crippen LogP contribution in [0.5, 0.6) is 11.5 Å². The van der Waals surface area contributed by atoms with E-state index in [0.717, 1.165) is 22.8 Å². The number of rotatable bonds is 12. The summed E-state index contributed by atoms with van der Waals surface area (Å²) < 4.78 is 10.8. The third-order valence-corrected chi connectivity index (χ3v) is 7.81. The van der Waals surface area contributed by atoms with Gasteiger partial charge in [0.05, 0.1) is 24.7 Å². The highest BCUT2D eigenvalue weighted by atomic mass is 32.2. The van der Waals surface area contributed by atoms with E-state index in [2.05, 4.69) is 20.9 Å². The number of ether oxygens (including phenoxy) is 1. The summed E-state index contributed by atoms with van der Waals surface area (Å²) in [5, 5.41) is 30.2. The number of nitrogens with zero attached hydrogens (tertiary/aromatic N) is 3. The quantitative estimate of drug-likeness (QED) is 0.0542. The Morgan fingerprint density at radius 1 is 0.870 bits per heavy atom. The van der Waals surface area contributed by atoms with E-state index < -0.39 is 5.91 Å². The van der Waals surface area contributed by atoms with Gasteiger partial charge >= 0.3 is 0 Å². The lowest BCUT2D eigenvalue weighted by atomic mass is 10.00. The molecule has 0 unspecified atom stereocenters. The fourth-order valence-corrected chi connectivity index (χ4v) is 5.27. The molecule has 5 aromatic rings. The number of phenols is 1. The molecule has 3 N–H and O–H groups in total. The van der Waals surface area contributed by atoms with Crippen LogP contribution < -0.4 is 15.4 Å². The molecule has 2 amide bonds. The summed E-state index contributed by atoms with van der Waals surface area (Å²) >= 11 is 0.993. The first-order valence-corrected chi connectivity index (χ1v) is 15.3. The van der Waals surface area contributed by atoms with E-state index in [1.54, 1.807) is 47.5 Å². The lowest BCUT2D eigenvalue weighted by Crippen LogP contribution is -2.22. The number of nitrogens with one attached hydrogen (secondary N) is 2. The Kier molecular flexibility index (Phi) is 10.5. The topological polar surface area (TPSA) is 134 Å². The zero-order valence-corrected chi connectivity index (χ0v) is 26.6. The molecule has 0 fully saturated rings. The number of phenolic OH excluding ortho intramolecular Hbond substituents is 1. The Labute approximate surface area is 270 Å². The van der Waals surface area contributed by atoms with Crippen LogP contribution in [0.2, 0.25) is 0 Å². The van der Waals surface area contributed by atoms with Gasteiger partial charge in [-0.1, -0.05) is 42.5 Å². The first kappa shape index (κ1) is 32.4. The zero-order valence-electron chi connectivity index (χ0n) is 25.7. The van der Waals surface area contributed by atoms with Gasteiger partial charge in [-0.15, -0.1) is 19.6 Å². The standard InChI is InChI=1S/C34H33N5O6S/c1-5-39(6-2)44-45-46-24-15-17-30(43-4)29(20-24)37-38-31-26-16-14-22(33(41)35-3)18-23(26)19-27(32(31)40)34(42)36-28-13-9-11-21-10-7-8-12-25(21)28/h7-20,40H,5-6H2,1-4H3,(H,35,41)(H,36,42). The predicted octanol–water partition coefficient (Wildman–Crippen LogP) is 7.95. The third kappa shape index (κ3) is 7.11. The molecule has 0 bridgehead atoms. The minimum Gasteiger partial charge on any atom is -0.505 e. The van der Waals surface area contributed by atoms with Crippen molar-refractivity contribution in [3.8, 4) is 11.5 Å². The normalized spacial score (nSPS) is 11.4. The number of amides is 2. The van der Waals surface area contributed by atoms with Crippen molar-refractivity contribution in [3.63, 3.8) is 0 Å². The third-order valence-electron chi connectivity index (χ3n) is 7.24. The first-order chi connectivity index (χ1) is 22.4. The summed E-state index contributed by atoms with van der Waals surface area (Å²) in [6, 6.07) is 24.8. The Hall–Kier alpha value is -5.01. The summed E-state index contributed by atoms with van der Waals surface area (Å²) in [5.41, 5.74) is 1.31. The second-order valence-corrected chi connectivity index (χ2v) is 10.8. The molecule has 0 atom stereocenters. The summed E-state index contributed by atoms with van der Waals surface area (Å²) in [5.74, 6) is -0.805. The van der Waals surface area contributed by atoms with Crippen LogP contribution in [0.25, 0.3) is 21.5 Å². The molecule has 5 rings (SSSR count). The fraction of sp³-hybridized carbons (Fsp3) is 0.176. The molecule has 0 aliphatic rings. The number of carbonyl (C=O) groups is 2. The van der Waals surface area contributed by atoms with E-state index in [9.17, 15) is 14.7 Å². The number of hydrogen-bond donors (Lipinski definition) is 3. The van der Waals surface area contributed by atoms with Crippen LogP contribution in [-0.4, -0.2) is 49.2 Å². The largest absolute Gasteiger partial charge is 0.505 e. The molecule has 46 heavy (non-hydrogen) atoms. The smallest absolute Gasteiger partial charge is 0.259 e. The van der Waals surface area contributed by atoms with Gasteiger partial charge in [-0.2, -0.15) is 5.06 Å². The van der Waals surface area contributed by atoms with Crippen LogP contribution >= 0.6 is 12.0 Å². The van der Waals surface area contributed by atoms with Crippen LogP contribution in [0.15, 0.2) is 100 Å². The number of azo groups is 1. The van der Waals surface area contributed by atoms with E-state index >= 15 is 0 Å². The van der Waals surface area contributed by atoms with E-state index in [1.807, 2.05) is 50.2 Å². The van der Waals surface area contributed by atoms with Crippen molar-refractivity contribution in [3.05, 3.63) is 96.1 Å². The van der Waals surface area contributed by atoms with Crippen molar-refractivity contribution < 1.29 is 28.8 Å². The van der Waals surface area contributed by atoms with Gasteiger partial charge in [0.1, 0.15) is 17.1 Å². The minimum atomic E-state index is -0.557. The number of aromatic hydroxyl groups is 1. The van der Waals surface area contributed by atoms with Gasteiger partial charge in [0, 0.05) is 47.1 Å². The van der Waals surface area contributed by atoms with Gasteiger partial charge in [0.2, 0.25) is 0 Å². The van der Waals surface area contributed by atoms with Crippen molar-refractivity contribution in [2.45, 2.75) is 18.7 Å². The lowest BCUT2D eigenvalue weighted by Gasteiger charge is -2.14. The zero-order chi connectivity index (χ0) is 32.6. The van der Waals surface area contributed by atoms with Crippen molar-refractivity contribution in [1.29, 1.82) is 0 Å². The maximum Gasteiger partial charge on any atom is 0.259 e. The van der Waals surface area contributed by atoms with Crippen molar-refractivity contribution in [2.24, 2.45) is 10.2 Å². The van der Waals surface area contributed by atoms with Gasteiger partial charge < -0.3 is 20.5 Å². The van der Waals surface area contributed by atoms with E-state index in [1.165, 1.54) is 20.2 Å². The van der Waals surface area contributed by atoms with E-state index in [4.69, 9.17) is 14.1 Å². The van der Waals surface area contributed by atoms with Crippen LogP contribution in [0, 0.1) is 0 Å². The van der Waals surface area contributed by atoms with Gasteiger partial charge in [0.25, 0.3) is 11.8 Å². The van der Waals surface area contributed by atoms with Gasteiger partial charge in [0.15, 0.2) is 5.75 Å². The second-order valence-electron chi connectivity index (χ2n) is 9.99. The summed E-state index contributed by atoms with van der Waals surface area (Å²) in [6.07, 6.45) is 0. The number of benzene rings is 5. The van der Waals surface area contributed by atoms with Crippen molar-refractivity contribution in [1.82, 2.24) is 10.4 Å². The highest BCUT2D eigenvalue weighted by Crippen LogP contribution is 2.42. The molecule has 11 nitrogen and oxygen atoms in total. The number of anilines is 1. The average Bonchev–Trinajstić information content (AvgIpc) is 3.09. The number of hydroxylamine groups is 2. The highest BCUT2D eigenvalue weighted by Gasteiger charge is 2.21. The van der Waals surface area contributed by atoms with Crippen LogP contribution in [0.1, 0.15) is 34.6 Å². The number of fused-ring (bicyclic) bond motifs is 2. The number of methoxy groups -OCH3 is 1. The average molecular weight is 640 g/mol. The Balaban J connectivity index is 1.55. The molecule has 0 heterocycles. The second kappa shape index (κ2) is 14.8. The molecular weight excluding hydrogens is 606 g/mol. The molecule has 0 aliphatic carbocycles. The van der Waals surface area contributed by atoms with E-state index in [-0.39, 0.29) is 22.9 Å². The summed E-state index contributed by atoms with van der Waals surface area (Å²) in [6.45, 7) is 5.20. The van der Waals surface area contributed by atoms with Gasteiger partial charge in [-0.25, -0.2) is 0 Å². The van der Waals surface area contributed by atoms with Crippen molar-refractivity contribution in [2.75, 3.05) is 32.6 Å². The maximum absolute atomic E-state index is 13.7. The molecule has 0 saturated carbocycles. The molecule has 12 heteroatoms. The molecule has 0 aromatic heterocycles. The van der Waals surface area contributed by atoms with Crippen LogP contribution in [-0.2, 0) is 9.32 Å². The molecule has 0 radical (unpaired) electrons. The molecule has 0 saturated heterocycles. The highest BCUT2D eigenvalue weighted by molar-refractivity contribution is 7.94. The van der Waals surface area contributed by atoms with Gasteiger partial charge in [-0.05, 0) is 67.1 Å². The minimum absolute atomic E-state index is 0.0401. The number of carbonyl (C=O) groups excluding carboxylic acids is 2. The van der Waals surface area contributed by atoms with E-state index in [0.29, 0.717) is 51.4 Å². The maximum atomic E-state index is 13.7. The molecular formula is C34H33N5O6S. The Bertz CT molecular complexity index is 1920. The lowest BCUT2D eigenvalue weighted by molar-refractivity contribution is -0.357. The van der Waals surface area contributed by atoms with Gasteiger partial charge in [-0.3, -0.25) is 9.59 Å². The van der Waals surface area contributed by atoms with Crippen LogP contribution in [0.3, 0.4) is 0 Å². The fourth-order valence-electron chi connectivity index (χ4n) is 4.79. The first-order valence-electron chi connectivity index (χ1n) is 14.5. The molecule has 5 aromatic carbocycles. The molecule has 0 spiro atoms. The monoisotopic (exact) mass is 639 g/mol. The Morgan fingerprint density at radius 3 is 2.41 bits per heavy atom. The molecule has 0 aliphatic heterocycles. The summed E-state index contributed by atoms with van der Waals surface area (Å²) in [7, 11) is 3.04. The number of hydrogen-bond acceptors (Lipinski definition) is 10. The van der Waals surface area contributed by atoms with Crippen molar-refractivity contribution >= 4 is 62.5 Å². The predicted molar refractivity (Wildman–Crippen MR) is 179 cm³/mol.